The van der Waals surface area contributed by atoms with E-state index in [1.165, 1.54) is 0 Å². The van der Waals surface area contributed by atoms with Crippen LogP contribution in [0, 0.1) is 0 Å². The van der Waals surface area contributed by atoms with E-state index in [2.05, 4.69) is 0 Å². The second-order valence-electron chi connectivity index (χ2n) is 6.55. The zero-order valence-corrected chi connectivity index (χ0v) is 14.6. The molecule has 0 saturated carbocycles. The number of phenolic OH excluding ortho intramolecular Hbond substituents is 2. The molecule has 0 aromatic heterocycles. The van der Waals surface area contributed by atoms with Crippen LogP contribution in [0.1, 0.15) is 42.1 Å². The van der Waals surface area contributed by atoms with Crippen molar-refractivity contribution in [3.8, 4) is 11.5 Å². The zero-order chi connectivity index (χ0) is 18.1. The van der Waals surface area contributed by atoms with Crippen LogP contribution in [0.3, 0.4) is 0 Å². The zero-order valence-electron chi connectivity index (χ0n) is 13.8. The van der Waals surface area contributed by atoms with Crippen LogP contribution >= 0.6 is 11.6 Å². The normalized spacial score (nSPS) is 31.2. The van der Waals surface area contributed by atoms with E-state index < -0.39 is 23.9 Å². The first kappa shape index (κ1) is 18.0. The van der Waals surface area contributed by atoms with Crippen LogP contribution in [-0.2, 0) is 15.9 Å². The lowest BCUT2D eigenvalue weighted by Gasteiger charge is -2.18. The van der Waals surface area contributed by atoms with Crippen LogP contribution in [0.2, 0.25) is 5.02 Å². The van der Waals surface area contributed by atoms with Crippen molar-refractivity contribution in [2.45, 2.75) is 57.0 Å². The van der Waals surface area contributed by atoms with Gasteiger partial charge in [0.25, 0.3) is 0 Å². The maximum absolute atomic E-state index is 12.5. The van der Waals surface area contributed by atoms with Gasteiger partial charge < -0.3 is 24.8 Å². The summed E-state index contributed by atoms with van der Waals surface area (Å²) >= 11 is 6.11. The molecular weight excluding hydrogens is 348 g/mol. The van der Waals surface area contributed by atoms with Crippen molar-refractivity contribution in [2.24, 2.45) is 0 Å². The number of aromatic hydroxyl groups is 2. The van der Waals surface area contributed by atoms with Gasteiger partial charge in [-0.05, 0) is 25.3 Å². The number of fused-ring (bicyclic) bond motifs is 2. The van der Waals surface area contributed by atoms with Gasteiger partial charge in [0.05, 0.1) is 23.3 Å². The summed E-state index contributed by atoms with van der Waals surface area (Å²) in [5, 5.41) is 30.1. The highest BCUT2D eigenvalue weighted by Gasteiger charge is 2.39. The van der Waals surface area contributed by atoms with Crippen LogP contribution in [0.15, 0.2) is 18.2 Å². The number of esters is 1. The average Bonchev–Trinajstić information content (AvgIpc) is 3.25. The number of ether oxygens (including phenoxy) is 2. The molecule has 0 aliphatic carbocycles. The molecule has 2 heterocycles. The SMILES string of the molecule is C[C@@H]1C[C@H]2O[C@H]2C/C=C/C[C@@H](O)Cc2c(Cl)c(O)cc(O)c2C(=O)O1. The van der Waals surface area contributed by atoms with Gasteiger partial charge in [0.2, 0.25) is 0 Å². The maximum atomic E-state index is 12.5. The molecule has 7 heteroatoms. The van der Waals surface area contributed by atoms with Crippen LogP contribution < -0.4 is 0 Å². The van der Waals surface area contributed by atoms with Gasteiger partial charge in [-0.3, -0.25) is 0 Å². The van der Waals surface area contributed by atoms with Crippen molar-refractivity contribution in [3.63, 3.8) is 0 Å². The van der Waals surface area contributed by atoms with Gasteiger partial charge in [0.15, 0.2) is 0 Å². The third-order valence-electron chi connectivity index (χ3n) is 4.47. The Morgan fingerprint density at radius 1 is 1.16 bits per heavy atom. The Kier molecular flexibility index (Phi) is 5.22. The van der Waals surface area contributed by atoms with Gasteiger partial charge in [-0.15, -0.1) is 0 Å². The summed E-state index contributed by atoms with van der Waals surface area (Å²) in [5.41, 5.74) is 0.0536. The maximum Gasteiger partial charge on any atom is 0.342 e. The molecule has 0 radical (unpaired) electrons. The van der Waals surface area contributed by atoms with E-state index in [0.29, 0.717) is 12.8 Å². The number of rotatable bonds is 0. The lowest BCUT2D eigenvalue weighted by atomic mass is 9.98. The van der Waals surface area contributed by atoms with Gasteiger partial charge in [0, 0.05) is 18.9 Å². The Balaban J connectivity index is 1.95. The minimum atomic E-state index is -0.821. The largest absolute Gasteiger partial charge is 0.507 e. The molecule has 2 aliphatic rings. The molecule has 0 amide bonds. The van der Waals surface area contributed by atoms with E-state index in [-0.39, 0.29) is 40.5 Å². The highest BCUT2D eigenvalue weighted by molar-refractivity contribution is 6.33. The molecule has 3 rings (SSSR count). The molecule has 25 heavy (non-hydrogen) atoms. The topological polar surface area (TPSA) is 99.5 Å². The number of aliphatic hydroxyl groups is 1. The number of hydrogen-bond acceptors (Lipinski definition) is 6. The van der Waals surface area contributed by atoms with Crippen molar-refractivity contribution < 1.29 is 29.6 Å². The number of phenols is 2. The van der Waals surface area contributed by atoms with Crippen LogP contribution in [0.4, 0.5) is 0 Å². The molecule has 0 spiro atoms. The molecule has 136 valence electrons. The smallest absolute Gasteiger partial charge is 0.342 e. The lowest BCUT2D eigenvalue weighted by molar-refractivity contribution is 0.0305. The summed E-state index contributed by atoms with van der Waals surface area (Å²) in [4.78, 5) is 12.5. The minimum Gasteiger partial charge on any atom is -0.507 e. The summed E-state index contributed by atoms with van der Waals surface area (Å²) in [6.45, 7) is 1.76. The number of hydrogen-bond donors (Lipinski definition) is 3. The summed E-state index contributed by atoms with van der Waals surface area (Å²) in [7, 11) is 0. The summed E-state index contributed by atoms with van der Waals surface area (Å²) in [5.74, 6) is -1.51. The molecule has 1 aromatic carbocycles. The van der Waals surface area contributed by atoms with Crippen molar-refractivity contribution in [1.82, 2.24) is 0 Å². The van der Waals surface area contributed by atoms with Crippen molar-refractivity contribution in [2.75, 3.05) is 0 Å². The van der Waals surface area contributed by atoms with Gasteiger partial charge in [0.1, 0.15) is 23.2 Å². The number of carbonyl (C=O) groups excluding carboxylic acids is 1. The number of cyclic esters (lactones) is 1. The highest BCUT2D eigenvalue weighted by Crippen LogP contribution is 2.38. The monoisotopic (exact) mass is 368 g/mol. The second-order valence-corrected chi connectivity index (χ2v) is 6.93. The second kappa shape index (κ2) is 7.23. The number of benzene rings is 1. The van der Waals surface area contributed by atoms with Crippen molar-refractivity contribution >= 4 is 17.6 Å². The minimum absolute atomic E-state index is 0.00645. The molecule has 4 atom stereocenters. The Morgan fingerprint density at radius 3 is 2.64 bits per heavy atom. The molecular formula is C18H21ClO6. The quantitative estimate of drug-likeness (QED) is 0.370. The third-order valence-corrected chi connectivity index (χ3v) is 4.89. The fraction of sp³-hybridized carbons (Fsp3) is 0.500. The molecule has 1 fully saturated rings. The predicted molar refractivity (Wildman–Crippen MR) is 91.0 cm³/mol. The van der Waals surface area contributed by atoms with Gasteiger partial charge >= 0.3 is 5.97 Å². The molecule has 6 nitrogen and oxygen atoms in total. The van der Waals surface area contributed by atoms with E-state index in [1.54, 1.807) is 6.92 Å². The van der Waals surface area contributed by atoms with Crippen LogP contribution in [0.5, 0.6) is 11.5 Å². The lowest BCUT2D eigenvalue weighted by Crippen LogP contribution is -2.20. The van der Waals surface area contributed by atoms with E-state index in [9.17, 15) is 20.1 Å². The van der Waals surface area contributed by atoms with Crippen LogP contribution in [-0.4, -0.2) is 45.7 Å². The van der Waals surface area contributed by atoms with Gasteiger partial charge in [-0.1, -0.05) is 23.8 Å². The Bertz CT molecular complexity index is 701. The van der Waals surface area contributed by atoms with Crippen LogP contribution in [0.25, 0.3) is 0 Å². The first-order valence-corrected chi connectivity index (χ1v) is 8.67. The fourth-order valence-corrected chi connectivity index (χ4v) is 3.34. The Labute approximate surface area is 150 Å². The summed E-state index contributed by atoms with van der Waals surface area (Å²) < 4.78 is 11.0. The average molecular weight is 369 g/mol. The molecule has 2 aliphatic heterocycles. The first-order chi connectivity index (χ1) is 11.9. The van der Waals surface area contributed by atoms with Crippen molar-refractivity contribution in [1.29, 1.82) is 0 Å². The standard InChI is InChI=1S/C18H21ClO6/c1-9-6-15-14(25-15)5-3-2-4-10(20)7-11-16(18(23)24-9)12(21)8-13(22)17(11)19/h2-3,8-10,14-15,20-22H,4-7H2,1H3/b3-2+/t9-,10-,14+,15-/m1/s1. The summed E-state index contributed by atoms with van der Waals surface area (Å²) in [6.07, 6.45) is 4.41. The predicted octanol–water partition coefficient (Wildman–Crippen LogP) is 2.71. The van der Waals surface area contributed by atoms with E-state index in [0.717, 1.165) is 12.5 Å². The third kappa shape index (κ3) is 4.08. The molecule has 0 unspecified atom stereocenters. The molecule has 0 bridgehead atoms. The molecule has 1 saturated heterocycles. The fourth-order valence-electron chi connectivity index (χ4n) is 3.12. The van der Waals surface area contributed by atoms with E-state index in [1.807, 2.05) is 12.2 Å². The number of epoxide rings is 1. The van der Waals surface area contributed by atoms with Crippen molar-refractivity contribution in [3.05, 3.63) is 34.4 Å². The number of halogens is 1. The van der Waals surface area contributed by atoms with Gasteiger partial charge in [-0.25, -0.2) is 4.79 Å². The Morgan fingerprint density at radius 2 is 1.88 bits per heavy atom. The van der Waals surface area contributed by atoms with Gasteiger partial charge in [-0.2, -0.15) is 0 Å². The summed E-state index contributed by atoms with van der Waals surface area (Å²) in [6, 6.07) is 1.00. The van der Waals surface area contributed by atoms with E-state index >= 15 is 0 Å². The van der Waals surface area contributed by atoms with E-state index in [4.69, 9.17) is 21.1 Å². The highest BCUT2D eigenvalue weighted by atomic mass is 35.5. The first-order valence-electron chi connectivity index (χ1n) is 8.29. The molecule has 3 N–H and O–H groups in total. The number of aliphatic hydroxyl groups excluding tert-OH is 1. The Hall–Kier alpha value is -1.76. The number of carbonyl (C=O) groups is 1. The molecule has 1 aromatic rings.